The lowest BCUT2D eigenvalue weighted by Gasteiger charge is -2.28. The van der Waals surface area contributed by atoms with Crippen molar-refractivity contribution in [3.8, 4) is 0 Å². The van der Waals surface area contributed by atoms with E-state index in [4.69, 9.17) is 5.73 Å². The molecule has 13 heavy (non-hydrogen) atoms. The molecule has 2 saturated carbocycles. The van der Waals surface area contributed by atoms with Crippen LogP contribution < -0.4 is 5.73 Å². The van der Waals surface area contributed by atoms with Crippen LogP contribution in [-0.2, 0) is 0 Å². The molecule has 2 unspecified atom stereocenters. The SMILES string of the molecule is NCC1(C2CCCCCC2O)CC1. The zero-order valence-corrected chi connectivity index (χ0v) is 8.34. The van der Waals surface area contributed by atoms with Gasteiger partial charge in [-0.25, -0.2) is 0 Å². The van der Waals surface area contributed by atoms with Crippen molar-refractivity contribution in [2.45, 2.75) is 51.0 Å². The first-order valence-electron chi connectivity index (χ1n) is 5.67. The smallest absolute Gasteiger partial charge is 0.0574 e. The normalized spacial score (nSPS) is 38.3. The molecule has 0 aromatic heterocycles. The van der Waals surface area contributed by atoms with Crippen LogP contribution in [-0.4, -0.2) is 17.8 Å². The van der Waals surface area contributed by atoms with Gasteiger partial charge < -0.3 is 10.8 Å². The molecule has 3 N–H and O–H groups in total. The van der Waals surface area contributed by atoms with Crippen LogP contribution in [0.4, 0.5) is 0 Å². The highest BCUT2D eigenvalue weighted by Gasteiger charge is 2.50. The highest BCUT2D eigenvalue weighted by Crippen LogP contribution is 2.55. The first-order valence-corrected chi connectivity index (χ1v) is 5.67. The Morgan fingerprint density at radius 3 is 2.46 bits per heavy atom. The van der Waals surface area contributed by atoms with Gasteiger partial charge >= 0.3 is 0 Å². The van der Waals surface area contributed by atoms with E-state index in [1.807, 2.05) is 0 Å². The van der Waals surface area contributed by atoms with Crippen LogP contribution in [0.5, 0.6) is 0 Å². The number of nitrogens with two attached hydrogens (primary N) is 1. The van der Waals surface area contributed by atoms with E-state index in [1.165, 1.54) is 38.5 Å². The number of hydrogen-bond donors (Lipinski definition) is 2. The second kappa shape index (κ2) is 3.58. The summed E-state index contributed by atoms with van der Waals surface area (Å²) >= 11 is 0. The minimum absolute atomic E-state index is 0.0615. The summed E-state index contributed by atoms with van der Waals surface area (Å²) in [5, 5.41) is 10.0. The zero-order chi connectivity index (χ0) is 9.31. The molecular formula is C11H21NO. The molecule has 0 heterocycles. The average molecular weight is 183 g/mol. The summed E-state index contributed by atoms with van der Waals surface area (Å²) in [6.07, 6.45) is 8.46. The molecule has 76 valence electrons. The molecule has 2 aliphatic rings. The summed E-state index contributed by atoms with van der Waals surface area (Å²) in [5.41, 5.74) is 6.15. The van der Waals surface area contributed by atoms with Crippen LogP contribution in [0.2, 0.25) is 0 Å². The van der Waals surface area contributed by atoms with Gasteiger partial charge in [0.15, 0.2) is 0 Å². The van der Waals surface area contributed by atoms with Crippen LogP contribution in [0.1, 0.15) is 44.9 Å². The van der Waals surface area contributed by atoms with Gasteiger partial charge in [0.05, 0.1) is 6.10 Å². The molecule has 0 bridgehead atoms. The molecule has 2 atom stereocenters. The third-order valence-electron chi connectivity index (χ3n) is 4.06. The Morgan fingerprint density at radius 1 is 1.15 bits per heavy atom. The van der Waals surface area contributed by atoms with E-state index >= 15 is 0 Å². The lowest BCUT2D eigenvalue weighted by molar-refractivity contribution is 0.0591. The molecule has 0 saturated heterocycles. The average Bonchev–Trinajstić information content (AvgIpc) is 2.90. The van der Waals surface area contributed by atoms with Crippen LogP contribution in [0.3, 0.4) is 0 Å². The Labute approximate surface area is 80.5 Å². The Hall–Kier alpha value is -0.0800. The fourth-order valence-corrected chi connectivity index (χ4v) is 2.89. The van der Waals surface area contributed by atoms with Crippen LogP contribution in [0, 0.1) is 11.3 Å². The summed E-state index contributed by atoms with van der Waals surface area (Å²) in [6.45, 7) is 0.786. The van der Waals surface area contributed by atoms with E-state index < -0.39 is 0 Å². The third kappa shape index (κ3) is 1.75. The van der Waals surface area contributed by atoms with Crippen molar-refractivity contribution in [3.05, 3.63) is 0 Å². The van der Waals surface area contributed by atoms with Gasteiger partial charge in [0, 0.05) is 0 Å². The zero-order valence-electron chi connectivity index (χ0n) is 8.34. The Kier molecular flexibility index (Phi) is 2.61. The molecule has 0 aliphatic heterocycles. The third-order valence-corrected chi connectivity index (χ3v) is 4.06. The van der Waals surface area contributed by atoms with Gasteiger partial charge in [0.25, 0.3) is 0 Å². The van der Waals surface area contributed by atoms with Crippen LogP contribution in [0.15, 0.2) is 0 Å². The van der Waals surface area contributed by atoms with Crippen molar-refractivity contribution >= 4 is 0 Å². The van der Waals surface area contributed by atoms with Crippen LogP contribution >= 0.6 is 0 Å². The minimum Gasteiger partial charge on any atom is -0.393 e. The maximum absolute atomic E-state index is 10.0. The maximum Gasteiger partial charge on any atom is 0.0574 e. The summed E-state index contributed by atoms with van der Waals surface area (Å²) in [6, 6.07) is 0. The predicted octanol–water partition coefficient (Wildman–Crippen LogP) is 1.67. The van der Waals surface area contributed by atoms with Crippen molar-refractivity contribution in [1.29, 1.82) is 0 Å². The highest BCUT2D eigenvalue weighted by atomic mass is 16.3. The fraction of sp³-hybridized carbons (Fsp3) is 1.00. The second-order valence-corrected chi connectivity index (χ2v) is 4.88. The predicted molar refractivity (Wildman–Crippen MR) is 53.3 cm³/mol. The van der Waals surface area contributed by atoms with Gasteiger partial charge in [-0.2, -0.15) is 0 Å². The molecule has 0 spiro atoms. The maximum atomic E-state index is 10.0. The van der Waals surface area contributed by atoms with E-state index in [2.05, 4.69) is 0 Å². The van der Waals surface area contributed by atoms with Gasteiger partial charge in [0.2, 0.25) is 0 Å². The van der Waals surface area contributed by atoms with E-state index in [-0.39, 0.29) is 6.10 Å². The lowest BCUT2D eigenvalue weighted by atomic mass is 9.81. The molecule has 0 radical (unpaired) electrons. The van der Waals surface area contributed by atoms with E-state index in [1.54, 1.807) is 0 Å². The van der Waals surface area contributed by atoms with E-state index in [0.29, 0.717) is 11.3 Å². The summed E-state index contributed by atoms with van der Waals surface area (Å²) in [5.74, 6) is 0.514. The van der Waals surface area contributed by atoms with E-state index in [9.17, 15) is 5.11 Å². The largest absolute Gasteiger partial charge is 0.393 e. The first-order chi connectivity index (χ1) is 6.28. The molecule has 0 aromatic rings. The molecule has 2 heteroatoms. The van der Waals surface area contributed by atoms with Gasteiger partial charge in [-0.1, -0.05) is 19.3 Å². The molecule has 2 aliphatic carbocycles. The van der Waals surface area contributed by atoms with Gasteiger partial charge in [0.1, 0.15) is 0 Å². The Bertz CT molecular complexity index is 177. The van der Waals surface area contributed by atoms with Gasteiger partial charge in [-0.15, -0.1) is 0 Å². The molecule has 0 aromatic carbocycles. The number of rotatable bonds is 2. The highest BCUT2D eigenvalue weighted by molar-refractivity contribution is 5.01. The van der Waals surface area contributed by atoms with Gasteiger partial charge in [-0.05, 0) is 43.6 Å². The number of hydrogen-bond acceptors (Lipinski definition) is 2. The Morgan fingerprint density at radius 2 is 1.85 bits per heavy atom. The summed E-state index contributed by atoms with van der Waals surface area (Å²) in [4.78, 5) is 0. The minimum atomic E-state index is -0.0615. The second-order valence-electron chi connectivity index (χ2n) is 4.88. The first kappa shape index (κ1) is 9.47. The summed E-state index contributed by atoms with van der Waals surface area (Å²) < 4.78 is 0. The monoisotopic (exact) mass is 183 g/mol. The molecule has 2 fully saturated rings. The molecular weight excluding hydrogens is 162 g/mol. The lowest BCUT2D eigenvalue weighted by Crippen LogP contribution is -2.33. The van der Waals surface area contributed by atoms with Crippen molar-refractivity contribution in [2.24, 2.45) is 17.1 Å². The van der Waals surface area contributed by atoms with Gasteiger partial charge in [-0.3, -0.25) is 0 Å². The standard InChI is InChI=1S/C11H21NO/c12-8-11(6-7-11)9-4-2-1-3-5-10(9)13/h9-10,13H,1-8,12H2. The van der Waals surface area contributed by atoms with E-state index in [0.717, 1.165) is 13.0 Å². The van der Waals surface area contributed by atoms with Crippen molar-refractivity contribution in [2.75, 3.05) is 6.54 Å². The Balaban J connectivity index is 2.02. The quantitative estimate of drug-likeness (QED) is 0.640. The fourth-order valence-electron chi connectivity index (χ4n) is 2.89. The molecule has 2 rings (SSSR count). The number of aliphatic hydroxyl groups is 1. The van der Waals surface area contributed by atoms with Crippen molar-refractivity contribution < 1.29 is 5.11 Å². The topological polar surface area (TPSA) is 46.2 Å². The molecule has 2 nitrogen and oxygen atoms in total. The van der Waals surface area contributed by atoms with Crippen LogP contribution in [0.25, 0.3) is 0 Å². The van der Waals surface area contributed by atoms with Crippen molar-refractivity contribution in [1.82, 2.24) is 0 Å². The number of aliphatic hydroxyl groups excluding tert-OH is 1. The van der Waals surface area contributed by atoms with Crippen molar-refractivity contribution in [3.63, 3.8) is 0 Å². The molecule has 0 amide bonds. The summed E-state index contributed by atoms with van der Waals surface area (Å²) in [7, 11) is 0.